The minimum absolute atomic E-state index is 0.237. The first-order chi connectivity index (χ1) is 10.4. The number of methoxy groups -OCH3 is 1. The highest BCUT2D eigenvalue weighted by atomic mass is 19.4. The number of ether oxygens (including phenoxy) is 1. The van der Waals surface area contributed by atoms with Crippen LogP contribution in [0.4, 0.5) is 19.0 Å². The molecule has 1 N–H and O–H groups in total. The molecule has 116 valence electrons. The molecule has 7 heteroatoms. The molecule has 4 nitrogen and oxygen atoms in total. The summed E-state index contributed by atoms with van der Waals surface area (Å²) in [4.78, 5) is 3.68. The molecule has 0 fully saturated rings. The molecule has 0 saturated carbocycles. The van der Waals surface area contributed by atoms with E-state index in [9.17, 15) is 13.2 Å². The predicted molar refractivity (Wildman–Crippen MR) is 78.1 cm³/mol. The topological polar surface area (TPSA) is 46.5 Å². The molecule has 22 heavy (non-hydrogen) atoms. The van der Waals surface area contributed by atoms with E-state index in [4.69, 9.17) is 4.74 Å². The van der Waals surface area contributed by atoms with E-state index in [1.54, 1.807) is 26.2 Å². The molecule has 0 radical (unpaired) electrons. The number of hydrazone groups is 1. The molecule has 0 aliphatic heterocycles. The van der Waals surface area contributed by atoms with Gasteiger partial charge in [0.1, 0.15) is 11.6 Å². The first kappa shape index (κ1) is 15.8. The minimum atomic E-state index is -4.40. The number of nitrogens with one attached hydrogen (secondary N) is 1. The maximum atomic E-state index is 12.4. The minimum Gasteiger partial charge on any atom is -0.497 e. The molecule has 0 aliphatic carbocycles. The van der Waals surface area contributed by atoms with Crippen LogP contribution in [-0.2, 0) is 6.18 Å². The van der Waals surface area contributed by atoms with Crippen molar-refractivity contribution >= 4 is 11.5 Å². The second-order valence-corrected chi connectivity index (χ2v) is 4.47. The van der Waals surface area contributed by atoms with Crippen LogP contribution in [0, 0.1) is 0 Å². The number of hydrogen-bond acceptors (Lipinski definition) is 4. The van der Waals surface area contributed by atoms with E-state index in [-0.39, 0.29) is 5.82 Å². The molecule has 0 spiro atoms. The molecule has 2 rings (SSSR count). The standard InChI is InChI=1S/C15H14F3N3O/c1-10(11-3-6-13(22-2)7-4-11)20-21-14-8-5-12(9-19-14)15(16,17)18/h3-9H,1-2H3,(H,19,21)/b20-10-. The molecule has 0 saturated heterocycles. The molecule has 0 bridgehead atoms. The smallest absolute Gasteiger partial charge is 0.417 e. The van der Waals surface area contributed by atoms with Gasteiger partial charge >= 0.3 is 6.18 Å². The summed E-state index contributed by atoms with van der Waals surface area (Å²) in [7, 11) is 1.58. The van der Waals surface area contributed by atoms with Gasteiger partial charge in [0, 0.05) is 6.20 Å². The van der Waals surface area contributed by atoms with Crippen LogP contribution in [0.1, 0.15) is 18.1 Å². The number of rotatable bonds is 4. The van der Waals surface area contributed by atoms with E-state index >= 15 is 0 Å². The molecule has 1 aromatic carbocycles. The fraction of sp³-hybridized carbons (Fsp3) is 0.200. The van der Waals surface area contributed by atoms with E-state index in [0.717, 1.165) is 23.6 Å². The van der Waals surface area contributed by atoms with Crippen LogP contribution in [-0.4, -0.2) is 17.8 Å². The fourth-order valence-corrected chi connectivity index (χ4v) is 1.67. The number of alkyl halides is 3. The maximum Gasteiger partial charge on any atom is 0.417 e. The molecular formula is C15H14F3N3O. The van der Waals surface area contributed by atoms with Crippen molar-refractivity contribution in [3.63, 3.8) is 0 Å². The summed E-state index contributed by atoms with van der Waals surface area (Å²) in [6.07, 6.45) is -3.63. The largest absolute Gasteiger partial charge is 0.497 e. The Labute approximate surface area is 125 Å². The lowest BCUT2D eigenvalue weighted by Crippen LogP contribution is -2.06. The third kappa shape index (κ3) is 3.97. The molecule has 2 aromatic rings. The number of hydrogen-bond donors (Lipinski definition) is 1. The second kappa shape index (κ2) is 6.46. The van der Waals surface area contributed by atoms with Crippen molar-refractivity contribution in [1.29, 1.82) is 0 Å². The summed E-state index contributed by atoms with van der Waals surface area (Å²) in [6.45, 7) is 1.78. The number of halogens is 3. The Kier molecular flexibility index (Phi) is 4.65. The van der Waals surface area contributed by atoms with Crippen molar-refractivity contribution in [2.75, 3.05) is 12.5 Å². The average Bonchev–Trinajstić information content (AvgIpc) is 2.52. The van der Waals surface area contributed by atoms with E-state index < -0.39 is 11.7 Å². The maximum absolute atomic E-state index is 12.4. The van der Waals surface area contributed by atoms with E-state index in [2.05, 4.69) is 15.5 Å². The molecule has 0 amide bonds. The van der Waals surface area contributed by atoms with Gasteiger partial charge in [0.05, 0.1) is 18.4 Å². The van der Waals surface area contributed by atoms with Crippen LogP contribution >= 0.6 is 0 Å². The highest BCUT2D eigenvalue weighted by Gasteiger charge is 2.30. The molecule has 0 aliphatic rings. The Balaban J connectivity index is 2.06. The Bertz CT molecular complexity index is 649. The van der Waals surface area contributed by atoms with Crippen LogP contribution in [0.5, 0.6) is 5.75 Å². The van der Waals surface area contributed by atoms with E-state index in [1.807, 2.05) is 12.1 Å². The summed E-state index contributed by atoms with van der Waals surface area (Å²) < 4.78 is 42.3. The van der Waals surface area contributed by atoms with Crippen molar-refractivity contribution in [3.8, 4) is 5.75 Å². The fourth-order valence-electron chi connectivity index (χ4n) is 1.67. The lowest BCUT2D eigenvalue weighted by Gasteiger charge is -2.07. The molecular weight excluding hydrogens is 295 g/mol. The molecule has 1 heterocycles. The number of anilines is 1. The summed E-state index contributed by atoms with van der Waals surface area (Å²) in [5.41, 5.74) is 3.36. The zero-order valence-electron chi connectivity index (χ0n) is 12.0. The van der Waals surface area contributed by atoms with Gasteiger partial charge in [0.15, 0.2) is 0 Å². The van der Waals surface area contributed by atoms with Gasteiger partial charge in [-0.05, 0) is 48.9 Å². The SMILES string of the molecule is COc1ccc(/C(C)=N\Nc2ccc(C(F)(F)F)cn2)cc1. The number of benzene rings is 1. The Hall–Kier alpha value is -2.57. The monoisotopic (exact) mass is 309 g/mol. The van der Waals surface area contributed by atoms with Crippen LogP contribution in [0.15, 0.2) is 47.7 Å². The van der Waals surface area contributed by atoms with Gasteiger partial charge in [-0.2, -0.15) is 18.3 Å². The second-order valence-electron chi connectivity index (χ2n) is 4.47. The van der Waals surface area contributed by atoms with E-state index in [1.165, 1.54) is 6.07 Å². The third-order valence-corrected chi connectivity index (χ3v) is 2.94. The predicted octanol–water partition coefficient (Wildman–Crippen LogP) is 3.95. The average molecular weight is 309 g/mol. The first-order valence-electron chi connectivity index (χ1n) is 6.38. The summed E-state index contributed by atoms with van der Waals surface area (Å²) in [5.74, 6) is 0.967. The Morgan fingerprint density at radius 2 is 1.82 bits per heavy atom. The zero-order chi connectivity index (χ0) is 16.2. The van der Waals surface area contributed by atoms with Crippen LogP contribution in [0.2, 0.25) is 0 Å². The van der Waals surface area contributed by atoms with Crippen LogP contribution in [0.25, 0.3) is 0 Å². The lowest BCUT2D eigenvalue weighted by molar-refractivity contribution is -0.137. The van der Waals surface area contributed by atoms with Crippen molar-refractivity contribution in [3.05, 3.63) is 53.7 Å². The summed E-state index contributed by atoms with van der Waals surface area (Å²) in [6, 6.07) is 9.44. The van der Waals surface area contributed by atoms with Crippen molar-refractivity contribution in [2.45, 2.75) is 13.1 Å². The van der Waals surface area contributed by atoms with Crippen molar-refractivity contribution < 1.29 is 17.9 Å². The van der Waals surface area contributed by atoms with Gasteiger partial charge in [0.2, 0.25) is 0 Å². The van der Waals surface area contributed by atoms with Gasteiger partial charge in [-0.3, -0.25) is 5.43 Å². The van der Waals surface area contributed by atoms with Gasteiger partial charge in [0.25, 0.3) is 0 Å². The van der Waals surface area contributed by atoms with Gasteiger partial charge in [-0.1, -0.05) is 0 Å². The molecule has 1 aromatic heterocycles. The van der Waals surface area contributed by atoms with Crippen molar-refractivity contribution in [1.82, 2.24) is 4.98 Å². The summed E-state index contributed by atoms with van der Waals surface area (Å²) >= 11 is 0. The third-order valence-electron chi connectivity index (χ3n) is 2.94. The highest BCUT2D eigenvalue weighted by molar-refractivity contribution is 5.99. The first-order valence-corrected chi connectivity index (χ1v) is 6.38. The van der Waals surface area contributed by atoms with E-state index in [0.29, 0.717) is 5.71 Å². The van der Waals surface area contributed by atoms with Crippen molar-refractivity contribution in [2.24, 2.45) is 5.10 Å². The van der Waals surface area contributed by atoms with Crippen LogP contribution in [0.3, 0.4) is 0 Å². The Morgan fingerprint density at radius 3 is 2.32 bits per heavy atom. The Morgan fingerprint density at radius 1 is 1.14 bits per heavy atom. The summed E-state index contributed by atoms with van der Waals surface area (Å²) in [5, 5.41) is 4.09. The number of pyridine rings is 1. The highest BCUT2D eigenvalue weighted by Crippen LogP contribution is 2.28. The quantitative estimate of drug-likeness (QED) is 0.687. The van der Waals surface area contributed by atoms with Gasteiger partial charge in [-0.15, -0.1) is 0 Å². The molecule has 0 unspecified atom stereocenters. The lowest BCUT2D eigenvalue weighted by atomic mass is 10.1. The number of aromatic nitrogens is 1. The zero-order valence-corrected chi connectivity index (χ0v) is 12.0. The molecule has 0 atom stereocenters. The normalized spacial score (nSPS) is 12.1. The van der Waals surface area contributed by atoms with Gasteiger partial charge in [-0.25, -0.2) is 4.98 Å². The van der Waals surface area contributed by atoms with Gasteiger partial charge < -0.3 is 4.74 Å². The number of nitrogens with zero attached hydrogens (tertiary/aromatic N) is 2. The van der Waals surface area contributed by atoms with Crippen LogP contribution < -0.4 is 10.2 Å².